The van der Waals surface area contributed by atoms with Crippen molar-refractivity contribution in [2.24, 2.45) is 0 Å². The first kappa shape index (κ1) is 14.5. The van der Waals surface area contributed by atoms with Crippen molar-refractivity contribution in [3.05, 3.63) is 53.8 Å². The molecule has 0 aliphatic rings. The predicted molar refractivity (Wildman–Crippen MR) is 77.0 cm³/mol. The second-order valence-electron chi connectivity index (χ2n) is 4.38. The Labute approximate surface area is 120 Å². The maximum atomic E-state index is 13.4. The van der Waals surface area contributed by atoms with Crippen LogP contribution in [0.25, 0.3) is 0 Å². The molecule has 1 amide bonds. The number of carbonyl (C=O) groups excluding carboxylic acids is 1. The molecule has 6 heteroatoms. The van der Waals surface area contributed by atoms with Gasteiger partial charge in [0.05, 0.1) is 22.6 Å². The summed E-state index contributed by atoms with van der Waals surface area (Å²) in [6.07, 6.45) is 0. The lowest BCUT2D eigenvalue weighted by molar-refractivity contribution is -0.115. The summed E-state index contributed by atoms with van der Waals surface area (Å²) in [5.74, 6) is -2.23. The van der Waals surface area contributed by atoms with Crippen LogP contribution in [-0.4, -0.2) is 17.0 Å². The van der Waals surface area contributed by atoms with Crippen molar-refractivity contribution in [1.29, 1.82) is 0 Å². The first-order valence-corrected chi connectivity index (χ1v) is 6.10. The van der Waals surface area contributed by atoms with Crippen LogP contribution < -0.4 is 10.6 Å². The Bertz CT molecular complexity index is 716. The number of hydrogen-bond acceptors (Lipinski definition) is 3. The van der Waals surface area contributed by atoms with Gasteiger partial charge in [-0.3, -0.25) is 9.69 Å². The molecule has 0 fully saturated rings. The molecule has 0 aliphatic heterocycles. The average molecular weight is 288 g/mol. The van der Waals surface area contributed by atoms with E-state index in [0.717, 1.165) is 11.0 Å². The summed E-state index contributed by atoms with van der Waals surface area (Å²) in [6.45, 7) is 1.25. The summed E-state index contributed by atoms with van der Waals surface area (Å²) < 4.78 is 13.4. The minimum atomic E-state index is -1.22. The highest BCUT2D eigenvalue weighted by Gasteiger charge is 2.23. The van der Waals surface area contributed by atoms with Gasteiger partial charge in [-0.2, -0.15) is 0 Å². The van der Waals surface area contributed by atoms with Gasteiger partial charge in [-0.1, -0.05) is 12.1 Å². The fourth-order valence-corrected chi connectivity index (χ4v) is 2.07. The number of carbonyl (C=O) groups is 2. The van der Waals surface area contributed by atoms with Crippen molar-refractivity contribution in [1.82, 2.24) is 0 Å². The molecule has 0 saturated heterocycles. The monoisotopic (exact) mass is 288 g/mol. The van der Waals surface area contributed by atoms with Gasteiger partial charge in [0.2, 0.25) is 5.91 Å². The Kier molecular flexibility index (Phi) is 3.89. The summed E-state index contributed by atoms with van der Waals surface area (Å²) in [4.78, 5) is 24.4. The van der Waals surface area contributed by atoms with Gasteiger partial charge in [-0.25, -0.2) is 9.18 Å². The number of halogens is 1. The van der Waals surface area contributed by atoms with Crippen LogP contribution >= 0.6 is 0 Å². The lowest BCUT2D eigenvalue weighted by atomic mass is 10.1. The van der Waals surface area contributed by atoms with Gasteiger partial charge in [0.15, 0.2) is 0 Å². The number of carboxylic acids is 1. The van der Waals surface area contributed by atoms with Crippen LogP contribution in [-0.2, 0) is 4.79 Å². The SMILES string of the molecule is CC(=O)N(c1cccc(F)c1)c1c(N)cccc1C(=O)O. The number of hydrogen-bond donors (Lipinski definition) is 2. The first-order valence-electron chi connectivity index (χ1n) is 6.10. The molecule has 2 aromatic rings. The molecule has 0 spiro atoms. The molecule has 2 aromatic carbocycles. The number of rotatable bonds is 3. The van der Waals surface area contributed by atoms with Crippen LogP contribution in [0.4, 0.5) is 21.5 Å². The molecule has 3 N–H and O–H groups in total. The molecule has 2 rings (SSSR count). The number of nitrogen functional groups attached to an aromatic ring is 1. The standard InChI is InChI=1S/C15H13FN2O3/c1-9(19)18(11-5-2-4-10(16)8-11)14-12(15(20)21)6-3-7-13(14)17/h2-8H,17H2,1H3,(H,20,21). The molecule has 0 bridgehead atoms. The molecule has 0 aliphatic carbocycles. The second kappa shape index (κ2) is 5.62. The van der Waals surface area contributed by atoms with E-state index in [1.807, 2.05) is 0 Å². The Hall–Kier alpha value is -2.89. The lowest BCUT2D eigenvalue weighted by Crippen LogP contribution is -2.26. The van der Waals surface area contributed by atoms with E-state index in [1.165, 1.54) is 43.3 Å². The van der Waals surface area contributed by atoms with Crippen molar-refractivity contribution in [2.45, 2.75) is 6.92 Å². The highest BCUT2D eigenvalue weighted by molar-refractivity contribution is 6.08. The van der Waals surface area contributed by atoms with Gasteiger partial charge in [-0.05, 0) is 30.3 Å². The molecular formula is C15H13FN2O3. The van der Waals surface area contributed by atoms with E-state index in [1.54, 1.807) is 0 Å². The quantitative estimate of drug-likeness (QED) is 0.851. The van der Waals surface area contributed by atoms with Gasteiger partial charge in [0.25, 0.3) is 0 Å². The van der Waals surface area contributed by atoms with Crippen LogP contribution in [0.2, 0.25) is 0 Å². The Morgan fingerprint density at radius 1 is 1.19 bits per heavy atom. The number of aromatic carboxylic acids is 1. The van der Waals surface area contributed by atoms with Crippen LogP contribution in [0, 0.1) is 5.82 Å². The van der Waals surface area contributed by atoms with Crippen LogP contribution in [0.3, 0.4) is 0 Å². The van der Waals surface area contributed by atoms with Crippen LogP contribution in [0.1, 0.15) is 17.3 Å². The highest BCUT2D eigenvalue weighted by Crippen LogP contribution is 2.34. The number of amides is 1. The van der Waals surface area contributed by atoms with E-state index in [4.69, 9.17) is 5.73 Å². The Balaban J connectivity index is 2.70. The summed E-state index contributed by atoms with van der Waals surface area (Å²) in [5, 5.41) is 9.25. The zero-order chi connectivity index (χ0) is 15.6. The van der Waals surface area contributed by atoms with Crippen LogP contribution in [0.15, 0.2) is 42.5 Å². The number of carboxylic acid groups (broad SMARTS) is 1. The molecular weight excluding hydrogens is 275 g/mol. The van der Waals surface area contributed by atoms with E-state index in [0.29, 0.717) is 0 Å². The van der Waals surface area contributed by atoms with Crippen molar-refractivity contribution in [2.75, 3.05) is 10.6 Å². The lowest BCUT2D eigenvalue weighted by Gasteiger charge is -2.24. The van der Waals surface area contributed by atoms with Gasteiger partial charge >= 0.3 is 5.97 Å². The maximum Gasteiger partial charge on any atom is 0.337 e. The fourth-order valence-electron chi connectivity index (χ4n) is 2.07. The minimum Gasteiger partial charge on any atom is -0.478 e. The second-order valence-corrected chi connectivity index (χ2v) is 4.38. The van der Waals surface area contributed by atoms with Crippen molar-refractivity contribution < 1.29 is 19.1 Å². The maximum absolute atomic E-state index is 13.4. The molecule has 0 saturated carbocycles. The summed E-state index contributed by atoms with van der Waals surface area (Å²) in [5.41, 5.74) is 6.05. The van der Waals surface area contributed by atoms with E-state index >= 15 is 0 Å². The fraction of sp³-hybridized carbons (Fsp3) is 0.0667. The van der Waals surface area contributed by atoms with Gasteiger partial charge < -0.3 is 10.8 Å². The average Bonchev–Trinajstić information content (AvgIpc) is 2.40. The van der Waals surface area contributed by atoms with Crippen molar-refractivity contribution in [3.8, 4) is 0 Å². The topological polar surface area (TPSA) is 83.6 Å². The van der Waals surface area contributed by atoms with E-state index in [9.17, 15) is 19.1 Å². The van der Waals surface area contributed by atoms with E-state index in [2.05, 4.69) is 0 Å². The van der Waals surface area contributed by atoms with Gasteiger partial charge in [-0.15, -0.1) is 0 Å². The summed E-state index contributed by atoms with van der Waals surface area (Å²) >= 11 is 0. The first-order chi connectivity index (χ1) is 9.91. The Morgan fingerprint density at radius 2 is 1.86 bits per heavy atom. The smallest absolute Gasteiger partial charge is 0.337 e. The minimum absolute atomic E-state index is 0.0306. The van der Waals surface area contributed by atoms with Crippen molar-refractivity contribution >= 4 is 28.9 Å². The number of para-hydroxylation sites is 1. The van der Waals surface area contributed by atoms with E-state index in [-0.39, 0.29) is 22.6 Å². The zero-order valence-electron chi connectivity index (χ0n) is 11.2. The predicted octanol–water partition coefficient (Wildman–Crippen LogP) is 2.79. The largest absolute Gasteiger partial charge is 0.478 e. The van der Waals surface area contributed by atoms with E-state index < -0.39 is 17.7 Å². The molecule has 0 atom stereocenters. The third-order valence-electron chi connectivity index (χ3n) is 2.90. The van der Waals surface area contributed by atoms with Crippen molar-refractivity contribution in [3.63, 3.8) is 0 Å². The molecule has 0 aromatic heterocycles. The van der Waals surface area contributed by atoms with Gasteiger partial charge in [0, 0.05) is 6.92 Å². The normalized spacial score (nSPS) is 10.2. The molecule has 21 heavy (non-hydrogen) atoms. The number of nitrogens with zero attached hydrogens (tertiary/aromatic N) is 1. The summed E-state index contributed by atoms with van der Waals surface area (Å²) in [7, 11) is 0. The van der Waals surface area contributed by atoms with Crippen LogP contribution in [0.5, 0.6) is 0 Å². The Morgan fingerprint density at radius 3 is 2.43 bits per heavy atom. The number of benzene rings is 2. The molecule has 5 nitrogen and oxygen atoms in total. The molecule has 0 radical (unpaired) electrons. The molecule has 0 unspecified atom stereocenters. The van der Waals surface area contributed by atoms with Gasteiger partial charge in [0.1, 0.15) is 5.82 Å². The zero-order valence-corrected chi connectivity index (χ0v) is 11.2. The molecule has 108 valence electrons. The third kappa shape index (κ3) is 2.84. The highest BCUT2D eigenvalue weighted by atomic mass is 19.1. The number of nitrogens with two attached hydrogens (primary N) is 1. The number of anilines is 3. The molecule has 0 heterocycles. The third-order valence-corrected chi connectivity index (χ3v) is 2.90. The summed E-state index contributed by atoms with van der Waals surface area (Å²) in [6, 6.07) is 9.60.